The molecular formula is C24H15F7O4. The summed E-state index contributed by atoms with van der Waals surface area (Å²) in [5.41, 5.74) is 0.622. The Morgan fingerprint density at radius 3 is 2.20 bits per heavy atom. The van der Waals surface area contributed by atoms with E-state index in [1.165, 1.54) is 49.6 Å². The number of benzene rings is 3. The summed E-state index contributed by atoms with van der Waals surface area (Å²) < 4.78 is 107. The standard InChI is InChI=1S/C24H15F7O4/c1-33-17-8-6-12(5-7-16(32)13-3-2-4-15(10-13)35-24(30)31)9-14(17)11-34-23-21(28)19(26)18(25)20(27)22(23)29/h2-10,24H,11H2,1H3/b7-5+. The third-order valence-electron chi connectivity index (χ3n) is 4.62. The number of rotatable bonds is 9. The number of hydrogen-bond donors (Lipinski definition) is 0. The minimum atomic E-state index is -3.05. The van der Waals surface area contributed by atoms with Gasteiger partial charge in [-0.3, -0.25) is 4.79 Å². The van der Waals surface area contributed by atoms with Crippen LogP contribution < -0.4 is 14.2 Å². The lowest BCUT2D eigenvalue weighted by Crippen LogP contribution is -2.07. The molecule has 3 aromatic rings. The molecule has 0 saturated carbocycles. The van der Waals surface area contributed by atoms with Crippen LogP contribution in [-0.2, 0) is 6.61 Å². The molecule has 0 unspecified atom stereocenters. The van der Waals surface area contributed by atoms with Crippen molar-refractivity contribution in [3.63, 3.8) is 0 Å². The molecule has 0 aromatic heterocycles. The van der Waals surface area contributed by atoms with E-state index in [1.807, 2.05) is 0 Å². The molecule has 184 valence electrons. The van der Waals surface area contributed by atoms with Gasteiger partial charge in [0.15, 0.2) is 11.5 Å². The molecule has 0 spiro atoms. The Hall–Kier alpha value is -4.02. The van der Waals surface area contributed by atoms with Gasteiger partial charge in [-0.2, -0.15) is 17.6 Å². The predicted octanol–water partition coefficient (Wildman–Crippen LogP) is 6.47. The summed E-state index contributed by atoms with van der Waals surface area (Å²) in [4.78, 5) is 12.4. The predicted molar refractivity (Wildman–Crippen MR) is 110 cm³/mol. The molecule has 3 rings (SSSR count). The van der Waals surface area contributed by atoms with Gasteiger partial charge in [0.2, 0.25) is 29.1 Å². The monoisotopic (exact) mass is 500 g/mol. The summed E-state index contributed by atoms with van der Waals surface area (Å²) in [6.07, 6.45) is 2.49. The maximum absolute atomic E-state index is 13.9. The van der Waals surface area contributed by atoms with Gasteiger partial charge in [-0.25, -0.2) is 13.2 Å². The zero-order valence-corrected chi connectivity index (χ0v) is 17.8. The average molecular weight is 500 g/mol. The van der Waals surface area contributed by atoms with Gasteiger partial charge < -0.3 is 14.2 Å². The molecule has 0 atom stereocenters. The second kappa shape index (κ2) is 10.9. The van der Waals surface area contributed by atoms with Crippen LogP contribution in [0.15, 0.2) is 48.5 Å². The van der Waals surface area contributed by atoms with Crippen molar-refractivity contribution in [2.45, 2.75) is 13.2 Å². The Morgan fingerprint density at radius 2 is 1.57 bits per heavy atom. The molecule has 0 aliphatic carbocycles. The van der Waals surface area contributed by atoms with E-state index in [0.717, 1.165) is 12.1 Å². The largest absolute Gasteiger partial charge is 0.496 e. The van der Waals surface area contributed by atoms with E-state index >= 15 is 0 Å². The van der Waals surface area contributed by atoms with Crippen LogP contribution in [0.1, 0.15) is 21.5 Å². The van der Waals surface area contributed by atoms with E-state index < -0.39 is 53.8 Å². The molecule has 35 heavy (non-hydrogen) atoms. The molecule has 4 nitrogen and oxygen atoms in total. The van der Waals surface area contributed by atoms with E-state index in [2.05, 4.69) is 4.74 Å². The number of ether oxygens (including phenoxy) is 3. The summed E-state index contributed by atoms with van der Waals surface area (Å²) in [5.74, 6) is -12.9. The smallest absolute Gasteiger partial charge is 0.387 e. The highest BCUT2D eigenvalue weighted by Gasteiger charge is 2.27. The van der Waals surface area contributed by atoms with Gasteiger partial charge in [-0.05, 0) is 35.9 Å². The minimum absolute atomic E-state index is 0.0720. The Bertz CT molecular complexity index is 1250. The Balaban J connectivity index is 1.81. The van der Waals surface area contributed by atoms with Crippen molar-refractivity contribution in [1.29, 1.82) is 0 Å². The van der Waals surface area contributed by atoms with Gasteiger partial charge in [-0.15, -0.1) is 0 Å². The Labute approximate surface area is 194 Å². The number of hydrogen-bond acceptors (Lipinski definition) is 4. The number of alkyl halides is 2. The van der Waals surface area contributed by atoms with Crippen molar-refractivity contribution in [3.8, 4) is 17.2 Å². The van der Waals surface area contributed by atoms with E-state index in [1.54, 1.807) is 0 Å². The molecule has 11 heteroatoms. The maximum atomic E-state index is 13.9. The van der Waals surface area contributed by atoms with E-state index in [0.29, 0.717) is 5.56 Å². The van der Waals surface area contributed by atoms with Crippen LogP contribution in [0, 0.1) is 29.1 Å². The molecule has 0 heterocycles. The van der Waals surface area contributed by atoms with E-state index in [-0.39, 0.29) is 22.6 Å². The molecule has 0 bridgehead atoms. The first-order valence-corrected chi connectivity index (χ1v) is 9.70. The molecule has 0 aliphatic rings. The third-order valence-corrected chi connectivity index (χ3v) is 4.62. The molecule has 0 saturated heterocycles. The molecule has 0 amide bonds. The first-order valence-electron chi connectivity index (χ1n) is 9.70. The quantitative estimate of drug-likeness (QED) is 0.111. The normalized spacial score (nSPS) is 11.2. The molecular weight excluding hydrogens is 485 g/mol. The van der Waals surface area contributed by atoms with Crippen LogP contribution in [0.5, 0.6) is 17.2 Å². The number of allylic oxidation sites excluding steroid dienone is 1. The zero-order valence-electron chi connectivity index (χ0n) is 17.8. The number of methoxy groups -OCH3 is 1. The molecule has 0 radical (unpaired) electrons. The van der Waals surface area contributed by atoms with Crippen LogP contribution in [0.2, 0.25) is 0 Å². The summed E-state index contributed by atoms with van der Waals surface area (Å²) in [6, 6.07) is 9.48. The van der Waals surface area contributed by atoms with E-state index in [9.17, 15) is 35.5 Å². The van der Waals surface area contributed by atoms with Crippen molar-refractivity contribution in [2.75, 3.05) is 7.11 Å². The van der Waals surface area contributed by atoms with Crippen molar-refractivity contribution < 1.29 is 49.7 Å². The molecule has 0 fully saturated rings. The van der Waals surface area contributed by atoms with Crippen LogP contribution >= 0.6 is 0 Å². The third kappa shape index (κ3) is 5.92. The first kappa shape index (κ1) is 25.6. The number of ketones is 1. The van der Waals surface area contributed by atoms with Crippen LogP contribution in [0.25, 0.3) is 6.08 Å². The zero-order chi connectivity index (χ0) is 25.7. The van der Waals surface area contributed by atoms with Crippen LogP contribution in [0.3, 0.4) is 0 Å². The fourth-order valence-electron chi connectivity index (χ4n) is 2.97. The minimum Gasteiger partial charge on any atom is -0.496 e. The first-order chi connectivity index (χ1) is 16.6. The number of carbonyl (C=O) groups excluding carboxylic acids is 1. The van der Waals surface area contributed by atoms with Gasteiger partial charge in [0.05, 0.1) is 7.11 Å². The number of carbonyl (C=O) groups is 1. The SMILES string of the molecule is COc1ccc(/C=C/C(=O)c2cccc(OC(F)F)c2)cc1COc1c(F)c(F)c(F)c(F)c1F. The van der Waals surface area contributed by atoms with Crippen molar-refractivity contribution >= 4 is 11.9 Å². The number of halogens is 7. The van der Waals surface area contributed by atoms with Gasteiger partial charge in [0.1, 0.15) is 18.1 Å². The highest BCUT2D eigenvalue weighted by atomic mass is 19.3. The second-order valence-electron chi connectivity index (χ2n) is 6.86. The van der Waals surface area contributed by atoms with Gasteiger partial charge >= 0.3 is 6.61 Å². The Kier molecular flexibility index (Phi) is 8.00. The Morgan fingerprint density at radius 1 is 0.914 bits per heavy atom. The van der Waals surface area contributed by atoms with Crippen LogP contribution in [-0.4, -0.2) is 19.5 Å². The molecule has 0 N–H and O–H groups in total. The lowest BCUT2D eigenvalue weighted by atomic mass is 10.1. The summed E-state index contributed by atoms with van der Waals surface area (Å²) in [5, 5.41) is 0. The van der Waals surface area contributed by atoms with Crippen molar-refractivity contribution in [1.82, 2.24) is 0 Å². The summed E-state index contributed by atoms with van der Waals surface area (Å²) in [6.45, 7) is -3.69. The fourth-order valence-corrected chi connectivity index (χ4v) is 2.97. The highest BCUT2D eigenvalue weighted by molar-refractivity contribution is 6.07. The second-order valence-corrected chi connectivity index (χ2v) is 6.86. The van der Waals surface area contributed by atoms with Crippen LogP contribution in [0.4, 0.5) is 30.7 Å². The lowest BCUT2D eigenvalue weighted by Gasteiger charge is -2.13. The summed E-state index contributed by atoms with van der Waals surface area (Å²) in [7, 11) is 1.28. The fraction of sp³-hybridized carbons (Fsp3) is 0.125. The maximum Gasteiger partial charge on any atom is 0.387 e. The molecule has 3 aromatic carbocycles. The molecule has 0 aliphatic heterocycles. The van der Waals surface area contributed by atoms with Gasteiger partial charge in [0.25, 0.3) is 0 Å². The average Bonchev–Trinajstić information content (AvgIpc) is 2.84. The summed E-state index contributed by atoms with van der Waals surface area (Å²) >= 11 is 0. The van der Waals surface area contributed by atoms with Gasteiger partial charge in [0, 0.05) is 11.1 Å². The van der Waals surface area contributed by atoms with Gasteiger partial charge in [-0.1, -0.05) is 24.3 Å². The van der Waals surface area contributed by atoms with E-state index in [4.69, 9.17) is 9.47 Å². The van der Waals surface area contributed by atoms with Crippen molar-refractivity contribution in [2.24, 2.45) is 0 Å². The topological polar surface area (TPSA) is 44.8 Å². The highest BCUT2D eigenvalue weighted by Crippen LogP contribution is 2.31. The lowest BCUT2D eigenvalue weighted by molar-refractivity contribution is -0.0498. The van der Waals surface area contributed by atoms with Crippen molar-refractivity contribution in [3.05, 3.63) is 94.3 Å².